The Morgan fingerprint density at radius 2 is 2.19 bits per heavy atom. The lowest BCUT2D eigenvalue weighted by atomic mass is 9.67. The first-order chi connectivity index (χ1) is 7.58. The van der Waals surface area contributed by atoms with Crippen molar-refractivity contribution in [3.8, 4) is 0 Å². The average Bonchev–Trinajstić information content (AvgIpc) is 2.51. The highest BCUT2D eigenvalue weighted by molar-refractivity contribution is 7.98. The molecule has 1 N–H and O–H groups in total. The summed E-state index contributed by atoms with van der Waals surface area (Å²) in [6, 6.07) is 0. The van der Waals surface area contributed by atoms with E-state index < -0.39 is 9.84 Å². The van der Waals surface area contributed by atoms with Gasteiger partial charge in [0.05, 0.1) is 11.5 Å². The summed E-state index contributed by atoms with van der Waals surface area (Å²) < 4.78 is 23.1. The zero-order valence-electron chi connectivity index (χ0n) is 9.87. The van der Waals surface area contributed by atoms with Gasteiger partial charge in [0.15, 0.2) is 9.84 Å². The molecule has 0 amide bonds. The Hall–Kier alpha value is 0.260. The maximum absolute atomic E-state index is 11.5. The van der Waals surface area contributed by atoms with Crippen LogP contribution in [0.2, 0.25) is 0 Å². The van der Waals surface area contributed by atoms with E-state index in [4.69, 9.17) is 0 Å². The van der Waals surface area contributed by atoms with E-state index in [0.717, 1.165) is 19.5 Å². The second kappa shape index (κ2) is 4.86. The van der Waals surface area contributed by atoms with Gasteiger partial charge in [-0.15, -0.1) is 0 Å². The van der Waals surface area contributed by atoms with Gasteiger partial charge in [0.2, 0.25) is 0 Å². The molecule has 94 valence electrons. The molecule has 0 radical (unpaired) electrons. The highest BCUT2D eigenvalue weighted by atomic mass is 32.2. The Morgan fingerprint density at radius 1 is 1.44 bits per heavy atom. The normalized spacial score (nSPS) is 31.2. The van der Waals surface area contributed by atoms with Gasteiger partial charge in [-0.1, -0.05) is 0 Å². The smallest absolute Gasteiger partial charge is 0.150 e. The minimum absolute atomic E-state index is 0.305. The van der Waals surface area contributed by atoms with E-state index in [1.807, 2.05) is 11.8 Å². The lowest BCUT2D eigenvalue weighted by Crippen LogP contribution is -2.57. The van der Waals surface area contributed by atoms with Gasteiger partial charge in [0.25, 0.3) is 0 Å². The molecule has 2 aliphatic heterocycles. The Kier molecular flexibility index (Phi) is 3.86. The summed E-state index contributed by atoms with van der Waals surface area (Å²) in [7, 11) is -2.72. The number of hydrogen-bond donors (Lipinski definition) is 1. The maximum Gasteiger partial charge on any atom is 0.150 e. The molecule has 3 nitrogen and oxygen atoms in total. The molecule has 1 unspecified atom stereocenters. The van der Waals surface area contributed by atoms with Crippen LogP contribution in [0.5, 0.6) is 0 Å². The summed E-state index contributed by atoms with van der Waals surface area (Å²) in [6.45, 7) is 2.06. The van der Waals surface area contributed by atoms with Gasteiger partial charge in [-0.05, 0) is 42.6 Å². The lowest BCUT2D eigenvalue weighted by Gasteiger charge is -2.47. The third-order valence-corrected chi connectivity index (χ3v) is 6.54. The third-order valence-electron chi connectivity index (χ3n) is 4.08. The van der Waals surface area contributed by atoms with Crippen molar-refractivity contribution in [2.24, 2.45) is 11.3 Å². The standard InChI is InChI=1S/C11H21NO2S2/c1-15-5-2-4-11(8-12-9-11)10-3-6-16(13,14)7-10/h10,12H,2-9H2,1H3. The zero-order valence-corrected chi connectivity index (χ0v) is 11.5. The first-order valence-corrected chi connectivity index (χ1v) is 9.20. The van der Waals surface area contributed by atoms with Crippen LogP contribution in [-0.4, -0.2) is 45.0 Å². The molecule has 2 rings (SSSR count). The molecule has 2 aliphatic rings. The van der Waals surface area contributed by atoms with Crippen LogP contribution in [0.3, 0.4) is 0 Å². The van der Waals surface area contributed by atoms with Crippen molar-refractivity contribution in [3.63, 3.8) is 0 Å². The van der Waals surface area contributed by atoms with Crippen LogP contribution >= 0.6 is 11.8 Å². The second-order valence-electron chi connectivity index (χ2n) is 5.16. The molecule has 0 saturated carbocycles. The van der Waals surface area contributed by atoms with Crippen molar-refractivity contribution in [1.29, 1.82) is 0 Å². The Labute approximate surface area is 103 Å². The minimum atomic E-state index is -2.72. The topological polar surface area (TPSA) is 46.2 Å². The number of sulfone groups is 1. The SMILES string of the molecule is CSCCCC1(C2CCS(=O)(=O)C2)CNC1. The van der Waals surface area contributed by atoms with E-state index in [0.29, 0.717) is 22.8 Å². The fraction of sp³-hybridized carbons (Fsp3) is 1.00. The molecule has 5 heteroatoms. The average molecular weight is 263 g/mol. The van der Waals surface area contributed by atoms with Gasteiger partial charge in [0, 0.05) is 13.1 Å². The first-order valence-electron chi connectivity index (χ1n) is 5.98. The molecule has 0 spiro atoms. The van der Waals surface area contributed by atoms with E-state index in [1.165, 1.54) is 18.6 Å². The quantitative estimate of drug-likeness (QED) is 0.756. The third kappa shape index (κ3) is 2.57. The largest absolute Gasteiger partial charge is 0.316 e. The van der Waals surface area contributed by atoms with Crippen LogP contribution < -0.4 is 5.32 Å². The van der Waals surface area contributed by atoms with E-state index in [-0.39, 0.29) is 0 Å². The van der Waals surface area contributed by atoms with Gasteiger partial charge in [-0.2, -0.15) is 11.8 Å². The Morgan fingerprint density at radius 3 is 2.62 bits per heavy atom. The van der Waals surface area contributed by atoms with E-state index in [9.17, 15) is 8.42 Å². The summed E-state index contributed by atoms with van der Waals surface area (Å²) in [4.78, 5) is 0. The molecular formula is C11H21NO2S2. The van der Waals surface area contributed by atoms with Crippen molar-refractivity contribution in [1.82, 2.24) is 5.32 Å². The molecule has 0 aliphatic carbocycles. The molecule has 2 saturated heterocycles. The summed E-state index contributed by atoms with van der Waals surface area (Å²) in [5.41, 5.74) is 0.305. The fourth-order valence-electron chi connectivity index (χ4n) is 2.96. The second-order valence-corrected chi connectivity index (χ2v) is 8.38. The van der Waals surface area contributed by atoms with E-state index in [1.54, 1.807) is 0 Å². The van der Waals surface area contributed by atoms with Crippen molar-refractivity contribution >= 4 is 21.6 Å². The number of hydrogen-bond acceptors (Lipinski definition) is 4. The van der Waals surface area contributed by atoms with Gasteiger partial charge < -0.3 is 5.32 Å². The molecule has 2 heterocycles. The summed E-state index contributed by atoms with van der Waals surface area (Å²) in [6.07, 6.45) is 5.44. The van der Waals surface area contributed by atoms with Crippen LogP contribution in [0.1, 0.15) is 19.3 Å². The number of rotatable bonds is 5. The van der Waals surface area contributed by atoms with Crippen LogP contribution in [0.15, 0.2) is 0 Å². The monoisotopic (exact) mass is 263 g/mol. The minimum Gasteiger partial charge on any atom is -0.316 e. The van der Waals surface area contributed by atoms with E-state index >= 15 is 0 Å². The summed E-state index contributed by atoms with van der Waals surface area (Å²) in [5.74, 6) is 2.47. The van der Waals surface area contributed by atoms with Crippen molar-refractivity contribution < 1.29 is 8.42 Å². The predicted octanol–water partition coefficient (Wildman–Crippen LogP) is 1.15. The molecule has 0 aromatic rings. The molecule has 2 fully saturated rings. The molecule has 0 aromatic carbocycles. The summed E-state index contributed by atoms with van der Waals surface area (Å²) >= 11 is 1.88. The molecule has 0 aromatic heterocycles. The lowest BCUT2D eigenvalue weighted by molar-refractivity contribution is 0.0802. The summed E-state index contributed by atoms with van der Waals surface area (Å²) in [5, 5.41) is 3.33. The van der Waals surface area contributed by atoms with Gasteiger partial charge in [-0.25, -0.2) is 8.42 Å². The predicted molar refractivity (Wildman–Crippen MR) is 69.7 cm³/mol. The van der Waals surface area contributed by atoms with Gasteiger partial charge in [0.1, 0.15) is 0 Å². The molecular weight excluding hydrogens is 242 g/mol. The van der Waals surface area contributed by atoms with Crippen molar-refractivity contribution in [2.75, 3.05) is 36.6 Å². The van der Waals surface area contributed by atoms with Gasteiger partial charge in [-0.3, -0.25) is 0 Å². The Balaban J connectivity index is 1.94. The molecule has 16 heavy (non-hydrogen) atoms. The van der Waals surface area contributed by atoms with Crippen molar-refractivity contribution in [3.05, 3.63) is 0 Å². The number of nitrogens with one attached hydrogen (secondary N) is 1. The highest BCUT2D eigenvalue weighted by Gasteiger charge is 2.47. The van der Waals surface area contributed by atoms with Crippen LogP contribution in [-0.2, 0) is 9.84 Å². The Bertz CT molecular complexity index is 336. The van der Waals surface area contributed by atoms with Crippen molar-refractivity contribution in [2.45, 2.75) is 19.3 Å². The van der Waals surface area contributed by atoms with E-state index in [2.05, 4.69) is 11.6 Å². The first kappa shape index (κ1) is 12.7. The van der Waals surface area contributed by atoms with Crippen LogP contribution in [0.25, 0.3) is 0 Å². The number of thioether (sulfide) groups is 1. The maximum atomic E-state index is 11.5. The fourth-order valence-corrected chi connectivity index (χ4v) is 5.34. The highest BCUT2D eigenvalue weighted by Crippen LogP contribution is 2.42. The van der Waals surface area contributed by atoms with Gasteiger partial charge >= 0.3 is 0 Å². The van der Waals surface area contributed by atoms with Crippen LogP contribution in [0, 0.1) is 11.3 Å². The molecule has 1 atom stereocenters. The molecule has 0 bridgehead atoms. The van der Waals surface area contributed by atoms with Crippen LogP contribution in [0.4, 0.5) is 0 Å². The zero-order chi connectivity index (χ0) is 11.6.